The van der Waals surface area contributed by atoms with E-state index in [9.17, 15) is 4.79 Å². The smallest absolute Gasteiger partial charge is 0.108 e. The zero-order valence-corrected chi connectivity index (χ0v) is 21.2. The summed E-state index contributed by atoms with van der Waals surface area (Å²) in [5, 5.41) is 0. The van der Waals surface area contributed by atoms with Crippen molar-refractivity contribution in [3.8, 4) is 0 Å². The maximum atomic E-state index is 10.6. The molecule has 0 heterocycles. The van der Waals surface area contributed by atoms with Crippen LogP contribution in [-0.4, -0.2) is 5.91 Å². The summed E-state index contributed by atoms with van der Waals surface area (Å²) in [4.78, 5) is 10.6. The molecule has 0 aromatic heterocycles. The molecule has 72 valence electrons. The fraction of sp³-hybridized carbons (Fsp3) is 0.667. The van der Waals surface area contributed by atoms with Gasteiger partial charge in [-0.2, -0.15) is 6.42 Å². The molecule has 0 aliphatic rings. The Morgan fingerprint density at radius 2 is 2.00 bits per heavy atom. The molecule has 0 bridgehead atoms. The number of hydrogen-bond acceptors (Lipinski definition) is 2. The van der Waals surface area contributed by atoms with Crippen LogP contribution < -0.4 is 5.48 Å². The maximum Gasteiger partial charge on any atom is 0.108 e. The number of unbranched alkanes of at least 4 members (excludes halogenated alkanes) is 2. The van der Waals surface area contributed by atoms with Crippen LogP contribution in [0.4, 0.5) is 0 Å². The minimum absolute atomic E-state index is 0. The van der Waals surface area contributed by atoms with Gasteiger partial charge in [0.05, 0.1) is 0 Å². The van der Waals surface area contributed by atoms with Gasteiger partial charge in [0.25, 0.3) is 0 Å². The first kappa shape index (κ1) is 24.9. The van der Waals surface area contributed by atoms with Crippen LogP contribution in [-0.2, 0) is 9.42 Å². The van der Waals surface area contributed by atoms with Gasteiger partial charge in [-0.05, 0) is 0 Å². The Morgan fingerprint density at radius 3 is 2.38 bits per heavy atom. The van der Waals surface area contributed by atoms with Crippen molar-refractivity contribution < 1.29 is 103 Å². The fourth-order valence-corrected chi connectivity index (χ4v) is 0.653. The minimum atomic E-state index is -0.177. The second kappa shape index (κ2) is 20.3. The molecule has 0 aromatic rings. The molecule has 0 aliphatic heterocycles. The fourth-order valence-electron chi connectivity index (χ4n) is 0.537. The van der Waals surface area contributed by atoms with Crippen LogP contribution >= 0.6 is 9.47 Å². The van der Waals surface area contributed by atoms with Crippen LogP contribution in [0.3, 0.4) is 0 Å². The Kier molecular flexibility index (Phi) is 38.9. The number of nitrogens with one attached hydrogen (secondary N) is 1. The molecule has 3 nitrogen and oxygen atoms in total. The van der Waals surface area contributed by atoms with Gasteiger partial charge in [-0.3, -0.25) is 10.1 Å². The van der Waals surface area contributed by atoms with Crippen molar-refractivity contribution in [3.63, 3.8) is 0 Å². The SMILES string of the molecule is CCCC[CH-]C(=O)NOP.[U].[U].[U]. The van der Waals surface area contributed by atoms with Gasteiger partial charge in [-0.15, -0.1) is 0 Å². The van der Waals surface area contributed by atoms with E-state index in [0.717, 1.165) is 19.3 Å². The first-order valence-corrected chi connectivity index (χ1v) is 3.77. The third-order valence-corrected chi connectivity index (χ3v) is 1.16. The third-order valence-electron chi connectivity index (χ3n) is 1.05. The Labute approximate surface area is 153 Å². The van der Waals surface area contributed by atoms with Gasteiger partial charge in [-0.1, -0.05) is 19.8 Å². The molecular weight excluding hydrogens is 863 g/mol. The van der Waals surface area contributed by atoms with Crippen LogP contribution in [0.1, 0.15) is 26.2 Å². The summed E-state index contributed by atoms with van der Waals surface area (Å²) in [5.41, 5.74) is 2.17. The van der Waals surface area contributed by atoms with Gasteiger partial charge in [0.2, 0.25) is 0 Å². The van der Waals surface area contributed by atoms with Gasteiger partial charge >= 0.3 is 0 Å². The van der Waals surface area contributed by atoms with Crippen LogP contribution in [0, 0.1) is 99.8 Å². The van der Waals surface area contributed by atoms with E-state index in [1.165, 1.54) is 0 Å². The molecule has 0 aliphatic carbocycles. The molecule has 0 aromatic carbocycles. The molecule has 0 radical (unpaired) electrons. The summed E-state index contributed by atoms with van der Waals surface area (Å²) in [6, 6.07) is 0. The molecule has 1 unspecified atom stereocenters. The van der Waals surface area contributed by atoms with E-state index in [-0.39, 0.29) is 99.2 Å². The summed E-state index contributed by atoms with van der Waals surface area (Å²) in [7, 11) is 1.95. The molecule has 0 rings (SSSR count). The van der Waals surface area contributed by atoms with E-state index in [0.29, 0.717) is 0 Å². The molecule has 0 saturated heterocycles. The van der Waals surface area contributed by atoms with E-state index < -0.39 is 0 Å². The predicted molar refractivity (Wildman–Crippen MR) is 42.8 cm³/mol. The summed E-state index contributed by atoms with van der Waals surface area (Å²) in [6.45, 7) is 2.08. The van der Waals surface area contributed by atoms with E-state index in [4.69, 9.17) is 0 Å². The van der Waals surface area contributed by atoms with Crippen molar-refractivity contribution in [2.75, 3.05) is 0 Å². The predicted octanol–water partition coefficient (Wildman–Crippen LogP) is 1.22. The Balaban J connectivity index is -0.000000135. The van der Waals surface area contributed by atoms with Gasteiger partial charge < -0.3 is 11.2 Å². The normalized spacial score (nSPS) is 6.92. The number of amides is 1. The van der Waals surface area contributed by atoms with E-state index in [1.54, 1.807) is 6.42 Å². The molecule has 13 heavy (non-hydrogen) atoms. The maximum absolute atomic E-state index is 10.6. The van der Waals surface area contributed by atoms with Crippen LogP contribution in [0.5, 0.6) is 0 Å². The van der Waals surface area contributed by atoms with E-state index in [2.05, 4.69) is 17.0 Å². The second-order valence-electron chi connectivity index (χ2n) is 1.93. The molecule has 0 fully saturated rings. The van der Waals surface area contributed by atoms with Crippen LogP contribution in [0.15, 0.2) is 0 Å². The zero-order chi connectivity index (χ0) is 7.82. The standard InChI is InChI=1S/C6H13NO2P.3U/c1-2-3-4-5-6(8)7-9-10;;;/h5H,2-4,10H2,1H3,(H,7,8);;;/q-1;;;. The zero-order valence-electron chi connectivity index (χ0n) is 7.59. The molecule has 1 atom stereocenters. The molecule has 1 amide bonds. The summed E-state index contributed by atoms with van der Waals surface area (Å²) < 4.78 is 4.32. The molecular formula is C6H13NO2PU3-. The monoisotopic (exact) mass is 876 g/mol. The van der Waals surface area contributed by atoms with Crippen molar-refractivity contribution in [3.05, 3.63) is 6.42 Å². The first-order chi connectivity index (χ1) is 4.81. The molecule has 0 spiro atoms. The minimum Gasteiger partial charge on any atom is -0.309 e. The van der Waals surface area contributed by atoms with Crippen LogP contribution in [0.2, 0.25) is 0 Å². The number of hydrogen-bond donors (Lipinski definition) is 1. The van der Waals surface area contributed by atoms with Crippen molar-refractivity contribution >= 4 is 15.4 Å². The average molecular weight is 876 g/mol. The van der Waals surface area contributed by atoms with Gasteiger partial charge in [-0.25, -0.2) is 0 Å². The van der Waals surface area contributed by atoms with Crippen molar-refractivity contribution in [1.82, 2.24) is 5.48 Å². The largest absolute Gasteiger partial charge is 0.309 e. The second-order valence-corrected chi connectivity index (χ2v) is 2.17. The molecule has 7 heteroatoms. The number of carbonyl (C=O) groups excluding carboxylic acids is 1. The Bertz CT molecular complexity index is 108. The van der Waals surface area contributed by atoms with Gasteiger partial charge in [0, 0.05) is 103 Å². The summed E-state index contributed by atoms with van der Waals surface area (Å²) in [5.74, 6) is -0.177. The molecule has 0 saturated carbocycles. The van der Waals surface area contributed by atoms with E-state index in [1.807, 2.05) is 9.47 Å². The summed E-state index contributed by atoms with van der Waals surface area (Å²) in [6.07, 6.45) is 4.54. The van der Waals surface area contributed by atoms with Crippen molar-refractivity contribution in [2.24, 2.45) is 0 Å². The van der Waals surface area contributed by atoms with E-state index >= 15 is 0 Å². The summed E-state index contributed by atoms with van der Waals surface area (Å²) >= 11 is 0. The van der Waals surface area contributed by atoms with Crippen LogP contribution in [0.25, 0.3) is 0 Å². The van der Waals surface area contributed by atoms with Gasteiger partial charge in [0.15, 0.2) is 0 Å². The topological polar surface area (TPSA) is 38.3 Å². The number of rotatable bonds is 5. The van der Waals surface area contributed by atoms with Crippen molar-refractivity contribution in [1.29, 1.82) is 0 Å². The Morgan fingerprint density at radius 1 is 1.46 bits per heavy atom. The third kappa shape index (κ3) is 20.9. The average Bonchev–Trinajstić information content (AvgIpc) is 1.89. The quantitative estimate of drug-likeness (QED) is 0.196. The number of carbonyl (C=O) groups is 1. The Hall–Kier alpha value is 2.89. The number of hydroxylamine groups is 1. The molecule has 1 N–H and O–H groups in total. The van der Waals surface area contributed by atoms with Gasteiger partial charge in [0.1, 0.15) is 5.91 Å². The van der Waals surface area contributed by atoms with Crippen molar-refractivity contribution in [2.45, 2.75) is 26.2 Å². The first-order valence-electron chi connectivity index (χ1n) is 3.30.